The van der Waals surface area contributed by atoms with Crippen molar-refractivity contribution in [2.24, 2.45) is 51.7 Å². The molecule has 1 aliphatic carbocycles. The predicted molar refractivity (Wildman–Crippen MR) is 410 cm³/mol. The second kappa shape index (κ2) is 43.6. The fourth-order valence-electron chi connectivity index (χ4n) is 14.2. The summed E-state index contributed by atoms with van der Waals surface area (Å²) in [6.45, 7) is 20.3. The summed E-state index contributed by atoms with van der Waals surface area (Å²) in [5, 5.41) is 176. The number of aliphatic hydroxyl groups is 12. The number of carbonyl (C=O) groups excluding carboxylic acids is 4. The number of esters is 1. The summed E-state index contributed by atoms with van der Waals surface area (Å²) < 4.78 is 46.1. The molecule has 0 radical (unpaired) electrons. The minimum absolute atomic E-state index is 0.0101. The lowest BCUT2D eigenvalue weighted by Crippen LogP contribution is -2.69. The van der Waals surface area contributed by atoms with E-state index in [1.807, 2.05) is 20.9 Å². The highest BCUT2D eigenvalue weighted by Crippen LogP contribution is 2.55. The van der Waals surface area contributed by atoms with Gasteiger partial charge in [-0.2, -0.15) is 5.10 Å². The van der Waals surface area contributed by atoms with Crippen LogP contribution in [0.15, 0.2) is 41.2 Å². The van der Waals surface area contributed by atoms with Crippen LogP contribution in [-0.4, -0.2) is 343 Å². The fourth-order valence-corrected chi connectivity index (χ4v) is 14.2. The number of aromatic hydroxyl groups is 3. The first-order valence-corrected chi connectivity index (χ1v) is 38.3. The predicted octanol–water partition coefficient (Wildman–Crippen LogP) is -4.38. The molecular weight excluding hydrogens is 1490 g/mol. The van der Waals surface area contributed by atoms with Crippen molar-refractivity contribution in [3.8, 4) is 23.0 Å². The molecule has 0 unspecified atom stereocenters. The Kier molecular flexibility index (Phi) is 36.8. The zero-order valence-corrected chi connectivity index (χ0v) is 66.3. The number of ether oxygens (including phenoxy) is 8. The van der Waals surface area contributed by atoms with E-state index in [2.05, 4.69) is 31.3 Å². The fraction of sp³-hybridized carbons (Fsp3) is 0.720. The molecule has 38 heteroatoms. The molecule has 113 heavy (non-hydrogen) atoms. The molecule has 4 fully saturated rings. The van der Waals surface area contributed by atoms with Gasteiger partial charge in [0.1, 0.15) is 90.5 Å². The third-order valence-electron chi connectivity index (χ3n) is 21.8. The number of nitrogens with zero attached hydrogens (tertiary/aromatic N) is 3. The van der Waals surface area contributed by atoms with Crippen LogP contribution in [0, 0.1) is 30.6 Å². The molecular formula is C75H125N11O27. The van der Waals surface area contributed by atoms with Crippen LogP contribution in [-0.2, 0) is 47.5 Å². The number of anilines is 1. The van der Waals surface area contributed by atoms with Gasteiger partial charge in [-0.25, -0.2) is 0 Å². The third-order valence-corrected chi connectivity index (χ3v) is 21.8. The molecule has 2 aromatic carbocycles. The lowest BCUT2D eigenvalue weighted by atomic mass is 9.78. The van der Waals surface area contributed by atoms with Crippen molar-refractivity contribution in [1.82, 2.24) is 25.9 Å². The average Bonchev–Trinajstić information content (AvgIpc) is 1.63. The van der Waals surface area contributed by atoms with E-state index in [1.165, 1.54) is 59.4 Å². The number of rotatable bonds is 23. The largest absolute Gasteiger partial charge is 0.507 e. The number of carbonyl (C=O) groups is 4. The lowest BCUT2D eigenvalue weighted by Gasteiger charge is -2.49. The van der Waals surface area contributed by atoms with Crippen molar-refractivity contribution in [2.75, 3.05) is 91.7 Å². The van der Waals surface area contributed by atoms with E-state index in [4.69, 9.17) is 71.0 Å². The van der Waals surface area contributed by atoms with Crippen LogP contribution in [0.4, 0.5) is 5.69 Å². The molecule has 5 bridgehead atoms. The van der Waals surface area contributed by atoms with E-state index >= 15 is 0 Å². The number of likely N-dealkylation sites (N-methyl/N-ethyl adjacent to an activating group) is 1. The monoisotopic (exact) mass is 1610 g/mol. The van der Waals surface area contributed by atoms with Crippen LogP contribution >= 0.6 is 0 Å². The first-order valence-electron chi connectivity index (χ1n) is 38.3. The summed E-state index contributed by atoms with van der Waals surface area (Å²) >= 11 is 0. The molecule has 3 saturated heterocycles. The molecule has 0 spiro atoms. The van der Waals surface area contributed by atoms with Gasteiger partial charge in [-0.15, -0.1) is 0 Å². The molecule has 6 aliphatic heterocycles. The van der Waals surface area contributed by atoms with Crippen LogP contribution in [0.1, 0.15) is 109 Å². The minimum atomic E-state index is -2.04. The van der Waals surface area contributed by atoms with Gasteiger partial charge in [-0.1, -0.05) is 59.8 Å². The average molecular weight is 1610 g/mol. The van der Waals surface area contributed by atoms with Crippen molar-refractivity contribution in [3.63, 3.8) is 0 Å². The van der Waals surface area contributed by atoms with Crippen LogP contribution in [0.25, 0.3) is 10.8 Å². The maximum Gasteiger partial charge on any atom is 0.312 e. The number of aliphatic hydroxyl groups excluding tert-OH is 12. The van der Waals surface area contributed by atoms with Gasteiger partial charge in [0.05, 0.1) is 84.9 Å². The lowest BCUT2D eigenvalue weighted by molar-refractivity contribution is -0.332. The Labute approximate surface area is 657 Å². The Balaban J connectivity index is 0.000000316. The number of benzene rings is 2. The number of allylic oxidation sites excluding steroid dienone is 2. The van der Waals surface area contributed by atoms with Crippen molar-refractivity contribution in [3.05, 3.63) is 52.8 Å². The number of nitrogens with one attached hydrogen (secondary N) is 4. The maximum absolute atomic E-state index is 14.4. The van der Waals surface area contributed by atoms with Gasteiger partial charge in [-0.05, 0) is 59.2 Å². The number of phenols is 3. The third kappa shape index (κ3) is 23.2. The normalized spacial score (nSPS) is 35.3. The van der Waals surface area contributed by atoms with E-state index < -0.39 is 199 Å². The molecule has 27 N–H and O–H groups in total. The minimum Gasteiger partial charge on any atom is -0.507 e. The van der Waals surface area contributed by atoms with Crippen molar-refractivity contribution in [2.45, 2.75) is 235 Å². The molecule has 7 aliphatic rings. The quantitative estimate of drug-likeness (QED) is 0.0164. The number of methoxy groups -OCH3 is 1. The number of hydrogen-bond acceptors (Lipinski definition) is 36. The van der Waals surface area contributed by atoms with Crippen LogP contribution in [0.3, 0.4) is 0 Å². The van der Waals surface area contributed by atoms with Crippen LogP contribution in [0.5, 0.6) is 23.0 Å². The van der Waals surface area contributed by atoms with E-state index in [0.717, 1.165) is 39.0 Å². The van der Waals surface area contributed by atoms with Gasteiger partial charge in [0.25, 0.3) is 11.7 Å². The Morgan fingerprint density at radius 2 is 1.35 bits per heavy atom. The Morgan fingerprint density at radius 3 is 1.92 bits per heavy atom. The Bertz CT molecular complexity index is 3510. The zero-order chi connectivity index (χ0) is 84.4. The van der Waals surface area contributed by atoms with Gasteiger partial charge in [-0.3, -0.25) is 24.2 Å². The van der Waals surface area contributed by atoms with Crippen molar-refractivity contribution >= 4 is 46.2 Å². The van der Waals surface area contributed by atoms with E-state index in [-0.39, 0.29) is 95.7 Å². The summed E-state index contributed by atoms with van der Waals surface area (Å²) in [6.07, 6.45) is -13.1. The molecule has 0 aromatic heterocycles. The highest BCUT2D eigenvalue weighted by atomic mass is 16.7. The Morgan fingerprint density at radius 1 is 0.752 bits per heavy atom. The number of amides is 2. The molecule has 6 heterocycles. The molecule has 2 amide bonds. The number of hydrazone groups is 1. The molecule has 642 valence electrons. The van der Waals surface area contributed by atoms with Crippen molar-refractivity contribution < 1.29 is 134 Å². The zero-order valence-electron chi connectivity index (χ0n) is 66.3. The summed E-state index contributed by atoms with van der Waals surface area (Å²) in [7, 11) is 3.42. The summed E-state index contributed by atoms with van der Waals surface area (Å²) in [4.78, 5) is 55.2. The SMILES string of the molecule is CC[C@@H](CO)NCCN[C@@H](CC)CO.CO[C@H]1/C=C/O[C@@]2(C)Oc3c(C)c(O)c4c(O)c(c(/C=N\N5CCN(C)CC5)c(O)c4c3C2=O)NC(=O)/C(C)=C\C=C\[C@@H](C)[C@H](O)[C@@H](C)[C@H](O)[C@@H](C)[C@H](OC(C)=O)[C@@H]1C.NCC[C@H](O)C(=O)N[C@@H]1C[C@H](N)[C@@H](O[C@H]2O[C@H](CN)[C@@H](O)[C@H](O)[C@H]2O)[C@H](O)[C@H]1O[C@H]1O[C@H](CO)[C@@H](O)[C@H](N)[C@H]1O. The second-order valence-corrected chi connectivity index (χ2v) is 29.9. The highest BCUT2D eigenvalue weighted by Gasteiger charge is 2.54. The van der Waals surface area contributed by atoms with Crippen LogP contribution in [0.2, 0.25) is 0 Å². The standard InChI is InChI=1S/C43H58N4O12.C22H43N5O13.C10H24N2O2/c1-21-12-11-13-22(2)42(55)45-33-28(20-44-47-17-15-46(9)16-18-47)37(52)30-31(38(33)53)36(51)26(6)40-32(30)41(54)43(8,59-40)57-19-14-29(56-10)23(3)39(58-27(7)48)25(5)35(50)24(4)34(21)49;23-2-1-8(29)20(36)27-7-3-6(25)18(39-22-16(34)15(33)13(31)9(4-24)37-22)17(35)19(7)40-21-14(32)11(26)12(30)10(5-28)38-21;1-3-9(7-13)11-5-6-12-10(4-2)8-14/h11-14,19-21,23-25,29,34-35,39,49-53H,15-18H2,1-10H3,(H,45,55);6-19,21-22,28-35H,1-5,23-26H2,(H,27,36);9-14H,3-8H2,1-2H3/b12-11+,19-14+,22-13-,44-20-;;/t21-,23-,24-,25-,29+,34+,35+,39-,43+;6-,7+,8-,9+,10+,11-,12+,13+,14+,15-,16+,17-,18+,19-,21+,22+;9-,10-/m100/s1. The van der Waals surface area contributed by atoms with Gasteiger partial charge >= 0.3 is 11.8 Å². The van der Waals surface area contributed by atoms with E-state index in [1.54, 1.807) is 44.9 Å². The van der Waals surface area contributed by atoms with Crippen molar-refractivity contribution in [1.29, 1.82) is 0 Å². The number of phenolic OH excluding ortho intramolecular Hbond substituents is 3. The topological polar surface area (TPSA) is 617 Å². The maximum atomic E-state index is 14.4. The summed E-state index contributed by atoms with van der Waals surface area (Å²) in [6, 6.07) is -3.05. The Hall–Kier alpha value is -6.49. The highest BCUT2D eigenvalue weighted by molar-refractivity contribution is 6.24. The van der Waals surface area contributed by atoms with E-state index in [0.29, 0.717) is 13.1 Å². The number of Topliss-reactive ketones (excluding diaryl/α,β-unsaturated/α-hetero) is 1. The van der Waals surface area contributed by atoms with E-state index in [9.17, 15) is 85.6 Å². The summed E-state index contributed by atoms with van der Waals surface area (Å²) in [5.74, 6) is -9.19. The first-order chi connectivity index (χ1) is 53.4. The molecule has 1 saturated carbocycles. The molecule has 38 nitrogen and oxygen atoms in total. The van der Waals surface area contributed by atoms with Crippen LogP contribution < -0.4 is 48.9 Å². The number of nitrogens with two attached hydrogens (primary N) is 4. The van der Waals surface area contributed by atoms with Gasteiger partial charge < -0.3 is 164 Å². The summed E-state index contributed by atoms with van der Waals surface area (Å²) in [5.41, 5.74) is 22.7. The molecule has 9 rings (SSSR count). The molecule has 2 aromatic rings. The smallest absolute Gasteiger partial charge is 0.312 e. The number of ketones is 1. The number of piperazine rings is 1. The van der Waals surface area contributed by atoms with Gasteiger partial charge in [0, 0.05) is 125 Å². The first kappa shape index (κ1) is 95.4. The number of hydrogen-bond donors (Lipinski definition) is 23. The molecule has 27 atom stereocenters. The number of fused-ring (bicyclic) bond motifs is 14. The van der Waals surface area contributed by atoms with Gasteiger partial charge in [0.2, 0.25) is 5.91 Å². The second-order valence-electron chi connectivity index (χ2n) is 29.9. The van der Waals surface area contributed by atoms with Gasteiger partial charge in [0.15, 0.2) is 18.3 Å².